The molecule has 0 fully saturated rings. The molecule has 0 unspecified atom stereocenters. The fourth-order valence-corrected chi connectivity index (χ4v) is 6.80. The topological polar surface area (TPSA) is 132 Å². The number of sulfonamides is 1. The number of fused-ring (bicyclic) bond motifs is 2. The molecule has 10 nitrogen and oxygen atoms in total. The molecule has 0 saturated heterocycles. The summed E-state index contributed by atoms with van der Waals surface area (Å²) in [5, 5.41) is 3.06. The lowest BCUT2D eigenvalue weighted by atomic mass is 10.0. The number of furan rings is 1. The highest BCUT2D eigenvalue weighted by molar-refractivity contribution is 7.92. The first kappa shape index (κ1) is 29.5. The van der Waals surface area contributed by atoms with Crippen molar-refractivity contribution in [2.45, 2.75) is 19.1 Å². The SMILES string of the molecule is CNC(=O)c1c(-c2ccc(Oc3ccc(F)cc3)cc2)oc2cc3c(cc12)[C@@H](C)O[C@H](CS(C)(=O)=O)CN3S(C)(=O)=O. The van der Waals surface area contributed by atoms with E-state index >= 15 is 0 Å². The Hall–Kier alpha value is -3.94. The minimum atomic E-state index is -3.85. The summed E-state index contributed by atoms with van der Waals surface area (Å²) < 4.78 is 82.1. The number of hydrogen-bond acceptors (Lipinski definition) is 8. The Kier molecular flexibility index (Phi) is 7.77. The highest BCUT2D eigenvalue weighted by Gasteiger charge is 2.35. The largest absolute Gasteiger partial charge is 0.457 e. The van der Waals surface area contributed by atoms with Crippen LogP contribution in [0.5, 0.6) is 11.5 Å². The van der Waals surface area contributed by atoms with Crippen molar-refractivity contribution in [3.05, 3.63) is 77.6 Å². The average Bonchev–Trinajstić information content (AvgIpc) is 3.22. The van der Waals surface area contributed by atoms with E-state index in [2.05, 4.69) is 5.32 Å². The van der Waals surface area contributed by atoms with Crippen LogP contribution in [0.25, 0.3) is 22.3 Å². The molecule has 1 N–H and O–H groups in total. The molecule has 2 heterocycles. The Morgan fingerprint density at radius 2 is 1.64 bits per heavy atom. The van der Waals surface area contributed by atoms with Crippen LogP contribution in [-0.4, -0.2) is 60.7 Å². The molecule has 1 aliphatic rings. The van der Waals surface area contributed by atoms with Crippen LogP contribution in [0.3, 0.4) is 0 Å². The maximum Gasteiger partial charge on any atom is 0.255 e. The predicted molar refractivity (Wildman–Crippen MR) is 157 cm³/mol. The lowest BCUT2D eigenvalue weighted by molar-refractivity contribution is 0.0193. The Bertz CT molecular complexity index is 1870. The molecule has 1 amide bonds. The van der Waals surface area contributed by atoms with Crippen LogP contribution in [0.15, 0.2) is 65.1 Å². The summed E-state index contributed by atoms with van der Waals surface area (Å²) in [4.78, 5) is 13.1. The van der Waals surface area contributed by atoms with E-state index in [0.29, 0.717) is 28.0 Å². The van der Waals surface area contributed by atoms with Crippen LogP contribution in [0.2, 0.25) is 0 Å². The van der Waals surface area contributed by atoms with E-state index in [4.69, 9.17) is 13.9 Å². The standard InChI is InChI=1S/C29H29FN2O8S2/c1-17-23-13-24-26(14-25(23)32(42(4,36)37)15-22(38-17)16-41(3,34)35)40-28(27(24)29(33)31-2)18-5-9-20(10-6-18)39-21-11-7-19(30)8-12-21/h5-14,17,22H,15-16H2,1-4H3,(H,31,33)/t17-,22+/m1/s1. The Balaban J connectivity index is 1.60. The summed E-state index contributed by atoms with van der Waals surface area (Å²) in [5.41, 5.74) is 1.79. The van der Waals surface area contributed by atoms with E-state index in [1.54, 1.807) is 37.3 Å². The van der Waals surface area contributed by atoms with Crippen molar-refractivity contribution >= 4 is 42.4 Å². The number of halogens is 1. The van der Waals surface area contributed by atoms with E-state index in [1.165, 1.54) is 37.4 Å². The molecule has 3 aromatic carbocycles. The van der Waals surface area contributed by atoms with Crippen molar-refractivity contribution in [3.63, 3.8) is 0 Å². The number of anilines is 1. The zero-order valence-electron chi connectivity index (χ0n) is 23.3. The van der Waals surface area contributed by atoms with E-state index in [1.807, 2.05) is 0 Å². The molecule has 4 aromatic rings. The van der Waals surface area contributed by atoms with Gasteiger partial charge in [0, 0.05) is 35.9 Å². The zero-order chi connectivity index (χ0) is 30.4. The second-order valence-corrected chi connectivity index (χ2v) is 14.3. The highest BCUT2D eigenvalue weighted by Crippen LogP contribution is 2.42. The van der Waals surface area contributed by atoms with Gasteiger partial charge >= 0.3 is 0 Å². The predicted octanol–water partition coefficient (Wildman–Crippen LogP) is 4.66. The molecule has 1 aliphatic heterocycles. The molecular weight excluding hydrogens is 587 g/mol. The third-order valence-electron chi connectivity index (χ3n) is 6.82. The van der Waals surface area contributed by atoms with Gasteiger partial charge in [-0.3, -0.25) is 9.10 Å². The van der Waals surface area contributed by atoms with Gasteiger partial charge < -0.3 is 19.2 Å². The fraction of sp³-hybridized carbons (Fsp3) is 0.276. The first-order valence-corrected chi connectivity index (χ1v) is 16.8. The molecule has 0 spiro atoms. The second-order valence-electron chi connectivity index (χ2n) is 10.2. The third kappa shape index (κ3) is 6.13. The van der Waals surface area contributed by atoms with Crippen LogP contribution in [0.1, 0.15) is 28.9 Å². The number of nitrogens with one attached hydrogen (secondary N) is 1. The minimum absolute atomic E-state index is 0.208. The summed E-state index contributed by atoms with van der Waals surface area (Å²) in [6.07, 6.45) is 0.498. The van der Waals surface area contributed by atoms with Gasteiger partial charge in [-0.2, -0.15) is 0 Å². The first-order chi connectivity index (χ1) is 19.7. The van der Waals surface area contributed by atoms with Gasteiger partial charge in [-0.05, 0) is 61.5 Å². The van der Waals surface area contributed by atoms with Gasteiger partial charge in [0.15, 0.2) is 0 Å². The van der Waals surface area contributed by atoms with Crippen molar-refractivity contribution in [3.8, 4) is 22.8 Å². The van der Waals surface area contributed by atoms with Gasteiger partial charge in [-0.25, -0.2) is 21.2 Å². The molecule has 222 valence electrons. The zero-order valence-corrected chi connectivity index (χ0v) is 24.9. The number of carbonyl (C=O) groups is 1. The molecule has 5 rings (SSSR count). The summed E-state index contributed by atoms with van der Waals surface area (Å²) in [7, 11) is -5.83. The van der Waals surface area contributed by atoms with Gasteiger partial charge in [0.2, 0.25) is 10.0 Å². The number of amides is 1. The maximum atomic E-state index is 13.2. The van der Waals surface area contributed by atoms with Crippen molar-refractivity contribution in [1.82, 2.24) is 5.32 Å². The number of nitrogens with zero attached hydrogens (tertiary/aromatic N) is 1. The molecule has 2 atom stereocenters. The van der Waals surface area contributed by atoms with Crippen molar-refractivity contribution in [2.75, 3.05) is 36.2 Å². The van der Waals surface area contributed by atoms with Gasteiger partial charge in [-0.1, -0.05) is 0 Å². The van der Waals surface area contributed by atoms with Crippen LogP contribution in [-0.2, 0) is 24.6 Å². The van der Waals surface area contributed by atoms with Crippen LogP contribution < -0.4 is 14.4 Å². The third-order valence-corrected chi connectivity index (χ3v) is 8.94. The van der Waals surface area contributed by atoms with Gasteiger partial charge in [0.25, 0.3) is 5.91 Å². The molecule has 0 saturated carbocycles. The summed E-state index contributed by atoms with van der Waals surface area (Å²) >= 11 is 0. The number of sulfone groups is 1. The molecule has 0 aliphatic carbocycles. The van der Waals surface area contributed by atoms with E-state index in [0.717, 1.165) is 16.8 Å². The lowest BCUT2D eigenvalue weighted by Gasteiger charge is -2.24. The van der Waals surface area contributed by atoms with E-state index in [9.17, 15) is 26.0 Å². The molecule has 1 aromatic heterocycles. The molecule has 42 heavy (non-hydrogen) atoms. The normalized spacial score (nSPS) is 17.5. The van der Waals surface area contributed by atoms with E-state index in [-0.39, 0.29) is 40.7 Å². The monoisotopic (exact) mass is 616 g/mol. The number of hydrogen-bond donors (Lipinski definition) is 1. The van der Waals surface area contributed by atoms with E-state index < -0.39 is 38.0 Å². The fourth-order valence-electron chi connectivity index (χ4n) is 4.99. The van der Waals surface area contributed by atoms with Gasteiger partial charge in [-0.15, -0.1) is 0 Å². The molecule has 0 bridgehead atoms. The van der Waals surface area contributed by atoms with Crippen LogP contribution >= 0.6 is 0 Å². The van der Waals surface area contributed by atoms with Crippen LogP contribution in [0.4, 0.5) is 10.1 Å². The van der Waals surface area contributed by atoms with Crippen molar-refractivity contribution in [2.24, 2.45) is 0 Å². The smallest absolute Gasteiger partial charge is 0.255 e. The number of benzene rings is 3. The second kappa shape index (κ2) is 11.0. The quantitative estimate of drug-likeness (QED) is 0.317. The number of rotatable bonds is 7. The summed E-state index contributed by atoms with van der Waals surface area (Å²) in [6, 6.07) is 15.5. The summed E-state index contributed by atoms with van der Waals surface area (Å²) in [5.74, 6) is 0.0249. The Morgan fingerprint density at radius 3 is 2.21 bits per heavy atom. The van der Waals surface area contributed by atoms with Crippen molar-refractivity contribution in [1.29, 1.82) is 0 Å². The number of ether oxygens (including phenoxy) is 2. The minimum Gasteiger partial charge on any atom is -0.457 e. The number of carbonyl (C=O) groups excluding carboxylic acids is 1. The Morgan fingerprint density at radius 1 is 1.02 bits per heavy atom. The maximum absolute atomic E-state index is 13.2. The average molecular weight is 617 g/mol. The van der Waals surface area contributed by atoms with Crippen molar-refractivity contribution < 1.29 is 39.9 Å². The highest BCUT2D eigenvalue weighted by atomic mass is 32.2. The van der Waals surface area contributed by atoms with Gasteiger partial charge in [0.1, 0.15) is 38.5 Å². The molecular formula is C29H29FN2O8S2. The Labute approximate surface area is 243 Å². The van der Waals surface area contributed by atoms with Gasteiger partial charge in [0.05, 0.1) is 42.0 Å². The summed E-state index contributed by atoms with van der Waals surface area (Å²) in [6.45, 7) is 1.49. The van der Waals surface area contributed by atoms with Crippen LogP contribution in [0, 0.1) is 5.82 Å². The molecule has 13 heteroatoms. The first-order valence-electron chi connectivity index (χ1n) is 12.9. The lowest BCUT2D eigenvalue weighted by Crippen LogP contribution is -2.39. The molecule has 0 radical (unpaired) electrons.